The fourth-order valence-electron chi connectivity index (χ4n) is 10.3. The molecule has 0 aliphatic carbocycles. The van der Waals surface area contributed by atoms with Gasteiger partial charge in [-0.3, -0.25) is 38.6 Å². The zero-order valence-electron chi connectivity index (χ0n) is 55.9. The number of benzene rings is 3. The van der Waals surface area contributed by atoms with E-state index in [-0.39, 0.29) is 97.6 Å². The number of nitrogens with two attached hydrogens (primary N) is 3. The molecule has 0 fully saturated rings. The summed E-state index contributed by atoms with van der Waals surface area (Å²) < 4.78 is 48.9. The Hall–Kier alpha value is -9.31. The third kappa shape index (κ3) is 23.8. The minimum Gasteiger partial charge on any atom is -0.398 e. The Morgan fingerprint density at radius 1 is 0.571 bits per heavy atom. The van der Waals surface area contributed by atoms with E-state index in [4.69, 9.17) is 66.7 Å². The lowest BCUT2D eigenvalue weighted by molar-refractivity contribution is -0.117. The Morgan fingerprint density at radius 2 is 1.07 bits per heavy atom. The van der Waals surface area contributed by atoms with E-state index >= 15 is 0 Å². The topological polar surface area (TPSA) is 400 Å². The van der Waals surface area contributed by atoms with Crippen LogP contribution in [-0.4, -0.2) is 209 Å². The fraction of sp³-hybridized carbons (Fsp3) is 0.455. The number of aliphatic imine (C=N–C) groups is 1. The van der Waals surface area contributed by atoms with Gasteiger partial charge in [-0.15, -0.1) is 0 Å². The second-order valence-electron chi connectivity index (χ2n) is 22.4. The number of carbonyl (C=O) groups excluding carboxylic acids is 7. The van der Waals surface area contributed by atoms with Gasteiger partial charge in [0.2, 0.25) is 29.4 Å². The van der Waals surface area contributed by atoms with Crippen molar-refractivity contribution in [2.45, 2.75) is 45.6 Å². The first-order valence-electron chi connectivity index (χ1n) is 32.1. The Bertz CT molecular complexity index is 3670. The molecule has 0 radical (unpaired) electrons. The van der Waals surface area contributed by atoms with Crippen LogP contribution in [0.2, 0.25) is 5.02 Å². The third-order valence-corrected chi connectivity index (χ3v) is 15.3. The summed E-state index contributed by atoms with van der Waals surface area (Å²) in [5, 5.41) is 16.7. The number of imidazole rings is 2. The number of ether oxygens (including phenoxy) is 8. The maximum Gasteiger partial charge on any atom is 0.291 e. The maximum absolute atomic E-state index is 13.2. The fourth-order valence-corrected chi connectivity index (χ4v) is 10.5. The van der Waals surface area contributed by atoms with Gasteiger partial charge in [0, 0.05) is 113 Å². The predicted molar refractivity (Wildman–Crippen MR) is 368 cm³/mol. The van der Waals surface area contributed by atoms with Gasteiger partial charge in [0.1, 0.15) is 5.69 Å². The van der Waals surface area contributed by atoms with Crippen molar-refractivity contribution >= 4 is 87.6 Å². The van der Waals surface area contributed by atoms with Gasteiger partial charge in [-0.2, -0.15) is 0 Å². The molecule has 98 heavy (non-hydrogen) atoms. The van der Waals surface area contributed by atoms with Gasteiger partial charge in [-0.1, -0.05) is 29.8 Å². The van der Waals surface area contributed by atoms with Gasteiger partial charge >= 0.3 is 0 Å². The smallest absolute Gasteiger partial charge is 0.291 e. The number of halogens is 1. The molecule has 3 aromatic carbocycles. The quantitative estimate of drug-likeness (QED) is 0.0114. The highest BCUT2D eigenvalue weighted by atomic mass is 35.5. The Balaban J connectivity index is 0.623. The van der Waals surface area contributed by atoms with E-state index in [9.17, 15) is 33.6 Å². The molecule has 1 aliphatic rings. The van der Waals surface area contributed by atoms with E-state index in [1.54, 1.807) is 58.5 Å². The van der Waals surface area contributed by atoms with E-state index in [0.29, 0.717) is 122 Å². The molecule has 0 unspecified atom stereocenters. The molecular weight excluding hydrogens is 1290 g/mol. The van der Waals surface area contributed by atoms with Crippen LogP contribution in [-0.2, 0) is 79.8 Å². The van der Waals surface area contributed by atoms with Crippen LogP contribution >= 0.6 is 11.6 Å². The number of hydrogen-bond donors (Lipinski definition) is 9. The Morgan fingerprint density at radius 3 is 1.60 bits per heavy atom. The second-order valence-corrected chi connectivity index (χ2v) is 22.8. The summed E-state index contributed by atoms with van der Waals surface area (Å²) >= 11 is 6.48. The molecule has 0 saturated carbocycles. The van der Waals surface area contributed by atoms with E-state index in [0.717, 1.165) is 46.3 Å². The Kier molecular flexibility index (Phi) is 30.9. The van der Waals surface area contributed by atoms with Crippen molar-refractivity contribution in [2.24, 2.45) is 37.6 Å². The van der Waals surface area contributed by atoms with E-state index in [1.807, 2.05) is 35.2 Å². The van der Waals surface area contributed by atoms with E-state index in [1.165, 1.54) is 32.2 Å². The summed E-state index contributed by atoms with van der Waals surface area (Å²) in [5.74, 6) is -2.66. The van der Waals surface area contributed by atoms with Gasteiger partial charge in [0.15, 0.2) is 17.6 Å². The number of nitrogen functional groups attached to an aromatic ring is 1. The monoisotopic (exact) mass is 1380 g/mol. The number of hydrogen-bond acceptors (Lipinski definition) is 19. The highest BCUT2D eigenvalue weighted by molar-refractivity contribution is 6.31. The maximum atomic E-state index is 13.2. The zero-order chi connectivity index (χ0) is 70.3. The van der Waals surface area contributed by atoms with Gasteiger partial charge in [0.05, 0.1) is 118 Å². The summed E-state index contributed by atoms with van der Waals surface area (Å²) in [5.41, 5.74) is 24.0. The number of anilines is 5. The lowest BCUT2D eigenvalue weighted by atomic mass is 9.84. The highest BCUT2D eigenvalue weighted by Crippen LogP contribution is 2.45. The molecule has 7 rings (SSSR count). The second kappa shape index (κ2) is 39.8. The van der Waals surface area contributed by atoms with Gasteiger partial charge in [-0.25, -0.2) is 9.97 Å². The van der Waals surface area contributed by atoms with Crippen LogP contribution in [0.15, 0.2) is 84.2 Å². The van der Waals surface area contributed by atoms with Crippen molar-refractivity contribution in [3.05, 3.63) is 113 Å². The largest absolute Gasteiger partial charge is 0.398 e. The molecule has 1 aliphatic heterocycles. The summed E-state index contributed by atoms with van der Waals surface area (Å²) in [7, 11) is 4.79. The van der Waals surface area contributed by atoms with Crippen LogP contribution in [0.1, 0.15) is 80.8 Å². The van der Waals surface area contributed by atoms with Crippen molar-refractivity contribution in [1.82, 2.24) is 39.6 Å². The van der Waals surface area contributed by atoms with Crippen LogP contribution in [0.4, 0.5) is 28.7 Å². The minimum absolute atomic E-state index is 0.00661. The van der Waals surface area contributed by atoms with Crippen LogP contribution in [0.3, 0.4) is 0 Å². The lowest BCUT2D eigenvalue weighted by Crippen LogP contribution is -2.40. The summed E-state index contributed by atoms with van der Waals surface area (Å²) in [6, 6.07) is 18.4. The van der Waals surface area contributed by atoms with Crippen molar-refractivity contribution in [3.63, 3.8) is 0 Å². The molecule has 7 amide bonds. The molecule has 0 saturated heterocycles. The molecule has 6 aromatic rings. The zero-order valence-corrected chi connectivity index (χ0v) is 56.7. The Labute approximate surface area is 573 Å². The number of rotatable bonds is 42. The number of nitrogens with one attached hydrogen (secondary N) is 6. The first-order valence-corrected chi connectivity index (χ1v) is 32.4. The van der Waals surface area contributed by atoms with E-state index in [2.05, 4.69) is 53.8 Å². The number of aromatic nitrogens is 5. The minimum atomic E-state index is -0.645. The number of nitrogens with zero attached hydrogens (tertiary/aromatic N) is 7. The van der Waals surface area contributed by atoms with Crippen LogP contribution in [0, 0.1) is 0 Å². The lowest BCUT2D eigenvalue weighted by Gasteiger charge is -2.36. The molecular formula is C66H89ClN16O15. The first-order chi connectivity index (χ1) is 47.3. The number of guanidine groups is 1. The number of carbonyl (C=O) groups is 7. The average molecular weight is 1380 g/mol. The van der Waals surface area contributed by atoms with Gasteiger partial charge in [-0.05, 0) is 84.5 Å². The molecule has 530 valence electrons. The van der Waals surface area contributed by atoms with Crippen molar-refractivity contribution in [1.29, 1.82) is 0 Å². The molecule has 1 atom stereocenters. The first kappa shape index (κ1) is 76.1. The van der Waals surface area contributed by atoms with E-state index < -0.39 is 29.5 Å². The molecule has 0 spiro atoms. The van der Waals surface area contributed by atoms with Gasteiger partial charge < -0.3 is 106 Å². The van der Waals surface area contributed by atoms with Gasteiger partial charge in [0.25, 0.3) is 23.6 Å². The highest BCUT2D eigenvalue weighted by Gasteiger charge is 2.31. The molecule has 31 nitrogen and oxygen atoms in total. The summed E-state index contributed by atoms with van der Waals surface area (Å²) in [4.78, 5) is 104. The summed E-state index contributed by atoms with van der Waals surface area (Å²) in [6.45, 7) is 10.1. The standard InChI is InChI=1S/C66H89ClN16O15/c1-43-6-12-49-53(83(43)44(2)84)15-13-48(58(49)50-40-47(67)11-14-51(50)68)45-7-9-46(10-8-45)62(87)72-21-24-91-26-28-93-30-32-95-34-36-97-38-39-98-37-35-96-33-31-94-29-27-92-25-22-73-64(89)60-78-54(41-81(60)4)76-56(85)16-19-71-63(88)59-52(18-23-80(59)3)75-65(90)61-79-55(42-82(61)5)77-57(86)17-20-74-66(69)70/h7-11,13-15,18,23,40-43H,6,12,16-17,19-22,24-39,68H2,1-5H3,(H,71,88)(H,72,87)(H,73,89)(H,75,90)(H,76,85)(H,77,86)(H4,69,70,74)/t43-/m0/s1. The number of amides is 7. The normalized spacial score (nSPS) is 12.6. The van der Waals surface area contributed by atoms with Crippen LogP contribution in [0.5, 0.6) is 0 Å². The summed E-state index contributed by atoms with van der Waals surface area (Å²) in [6.07, 6.45) is 5.96. The van der Waals surface area contributed by atoms with Crippen molar-refractivity contribution in [2.75, 3.05) is 158 Å². The molecule has 0 bridgehead atoms. The third-order valence-electron chi connectivity index (χ3n) is 15.1. The van der Waals surface area contributed by atoms with Crippen LogP contribution in [0.25, 0.3) is 22.3 Å². The average Bonchev–Trinajstić information content (AvgIpc) is 0.992. The number of fused-ring (bicyclic) bond motifs is 1. The molecule has 3 aromatic heterocycles. The number of aryl methyl sites for hydroxylation is 3. The molecule has 12 N–H and O–H groups in total. The van der Waals surface area contributed by atoms with Crippen molar-refractivity contribution in [3.8, 4) is 22.3 Å². The van der Waals surface area contributed by atoms with Crippen molar-refractivity contribution < 1.29 is 71.5 Å². The molecule has 4 heterocycles. The SMILES string of the molecule is CC(=O)N1c2ccc(-c3ccc(C(=O)NCCOCCOCCOCCOCCOCCOCCOCCOCCNC(=O)c4nc(NC(=O)CCNC(=O)c5c(NC(=O)c6nc(NC(=O)CCN=C(N)N)cn6C)ccn5C)cn4C)cc3)c(-c3cc(Cl)ccc3N)c2CC[C@@H]1C. The van der Waals surface area contributed by atoms with Crippen LogP contribution < -0.4 is 54.0 Å². The molecule has 32 heteroatoms. The predicted octanol–water partition coefficient (Wildman–Crippen LogP) is 3.65.